The summed E-state index contributed by atoms with van der Waals surface area (Å²) in [5, 5.41) is 9.71. The fourth-order valence-corrected chi connectivity index (χ4v) is 3.11. The lowest BCUT2D eigenvalue weighted by molar-refractivity contribution is -0.131. The average molecular weight is 355 g/mol. The maximum Gasteiger partial charge on any atom is 0.264 e. The zero-order valence-electron chi connectivity index (χ0n) is 15.0. The van der Waals surface area contributed by atoms with Gasteiger partial charge >= 0.3 is 0 Å². The Bertz CT molecular complexity index is 749. The summed E-state index contributed by atoms with van der Waals surface area (Å²) in [5.74, 6) is 0.173. The van der Waals surface area contributed by atoms with Crippen molar-refractivity contribution in [1.29, 1.82) is 0 Å². The quantitative estimate of drug-likeness (QED) is 0.813. The molecule has 0 radical (unpaired) electrons. The van der Waals surface area contributed by atoms with Crippen LogP contribution >= 0.6 is 0 Å². The van der Waals surface area contributed by atoms with Crippen molar-refractivity contribution < 1.29 is 4.79 Å². The number of H-pyrrole nitrogens is 1. The topological polar surface area (TPSA) is 81.3 Å². The molecule has 2 aromatic rings. The van der Waals surface area contributed by atoms with Crippen LogP contribution in [0.25, 0.3) is 0 Å². The zero-order chi connectivity index (χ0) is 18.4. The number of anilines is 1. The van der Waals surface area contributed by atoms with E-state index in [1.54, 1.807) is 6.07 Å². The van der Waals surface area contributed by atoms with E-state index in [0.29, 0.717) is 13.0 Å². The number of carbonyl (C=O) groups excluding carboxylic acids is 1. The first-order valence-electron chi connectivity index (χ1n) is 9.00. The molecule has 1 aromatic carbocycles. The van der Waals surface area contributed by atoms with Crippen molar-refractivity contribution in [2.24, 2.45) is 0 Å². The van der Waals surface area contributed by atoms with Crippen LogP contribution in [0.2, 0.25) is 0 Å². The molecule has 0 bridgehead atoms. The number of carbonyl (C=O) groups is 1. The average Bonchev–Trinajstić information content (AvgIpc) is 2.69. The lowest BCUT2D eigenvalue weighted by Crippen LogP contribution is -2.49. The van der Waals surface area contributed by atoms with Gasteiger partial charge in [0.1, 0.15) is 0 Å². The number of aromatic nitrogens is 2. The summed E-state index contributed by atoms with van der Waals surface area (Å²) in [4.78, 5) is 27.7. The molecule has 2 heterocycles. The van der Waals surface area contributed by atoms with E-state index in [2.05, 4.69) is 32.5 Å². The van der Waals surface area contributed by atoms with Crippen molar-refractivity contribution in [3.05, 3.63) is 58.5 Å². The van der Waals surface area contributed by atoms with E-state index >= 15 is 0 Å². The van der Waals surface area contributed by atoms with Gasteiger partial charge in [0, 0.05) is 56.9 Å². The number of nitrogens with one attached hydrogen (secondary N) is 2. The zero-order valence-corrected chi connectivity index (χ0v) is 15.0. The molecule has 1 saturated heterocycles. The minimum absolute atomic E-state index is 0.0189. The minimum atomic E-state index is -0.217. The van der Waals surface area contributed by atoms with Crippen LogP contribution in [0.1, 0.15) is 25.1 Å². The standard InChI is InChI=1S/C19H25N5O2/c1-15(17-7-8-18(25)22-21-17)20-10-9-19(26)24-13-11-23(12-14-24)16-5-3-2-4-6-16/h2-8,15,20H,9-14H2,1H3,(H,22,25). The molecule has 1 aromatic heterocycles. The molecule has 1 amide bonds. The van der Waals surface area contributed by atoms with E-state index in [1.807, 2.05) is 30.0 Å². The second-order valence-corrected chi connectivity index (χ2v) is 6.48. The summed E-state index contributed by atoms with van der Waals surface area (Å²) in [6, 6.07) is 13.4. The third-order valence-electron chi connectivity index (χ3n) is 4.69. The van der Waals surface area contributed by atoms with E-state index in [4.69, 9.17) is 0 Å². The molecule has 0 spiro atoms. The SMILES string of the molecule is CC(NCCC(=O)N1CCN(c2ccccc2)CC1)c1ccc(=O)[nH]n1. The van der Waals surface area contributed by atoms with Gasteiger partial charge in [0.2, 0.25) is 5.91 Å². The number of aromatic amines is 1. The van der Waals surface area contributed by atoms with Crippen LogP contribution in [0, 0.1) is 0 Å². The molecule has 3 rings (SSSR count). The van der Waals surface area contributed by atoms with E-state index in [0.717, 1.165) is 31.9 Å². The van der Waals surface area contributed by atoms with E-state index in [1.165, 1.54) is 11.8 Å². The van der Waals surface area contributed by atoms with E-state index in [-0.39, 0.29) is 17.5 Å². The Morgan fingerprint density at radius 1 is 1.15 bits per heavy atom. The summed E-state index contributed by atoms with van der Waals surface area (Å²) in [6.45, 7) is 5.78. The highest BCUT2D eigenvalue weighted by atomic mass is 16.2. The molecule has 7 heteroatoms. The predicted octanol–water partition coefficient (Wildman–Crippen LogP) is 1.16. The Balaban J connectivity index is 1.40. The number of rotatable bonds is 6. The number of amides is 1. The lowest BCUT2D eigenvalue weighted by Gasteiger charge is -2.36. The molecule has 7 nitrogen and oxygen atoms in total. The normalized spacial score (nSPS) is 15.7. The third-order valence-corrected chi connectivity index (χ3v) is 4.69. The molecule has 0 aliphatic carbocycles. The second kappa shape index (κ2) is 8.62. The first-order chi connectivity index (χ1) is 12.6. The molecule has 2 N–H and O–H groups in total. The molecule has 138 valence electrons. The highest BCUT2D eigenvalue weighted by Gasteiger charge is 2.21. The van der Waals surface area contributed by atoms with Crippen molar-refractivity contribution in [2.45, 2.75) is 19.4 Å². The van der Waals surface area contributed by atoms with Crippen LogP contribution < -0.4 is 15.8 Å². The summed E-state index contributed by atoms with van der Waals surface area (Å²) < 4.78 is 0. The molecule has 1 aliphatic rings. The van der Waals surface area contributed by atoms with Crippen molar-refractivity contribution in [3.8, 4) is 0 Å². The number of benzene rings is 1. The molecule has 1 atom stereocenters. The van der Waals surface area contributed by atoms with Crippen molar-refractivity contribution in [2.75, 3.05) is 37.6 Å². The number of nitrogens with zero attached hydrogens (tertiary/aromatic N) is 3. The van der Waals surface area contributed by atoms with E-state index < -0.39 is 0 Å². The Labute approximate surface area is 153 Å². The highest BCUT2D eigenvalue weighted by Crippen LogP contribution is 2.16. The largest absolute Gasteiger partial charge is 0.368 e. The van der Waals surface area contributed by atoms with Crippen LogP contribution in [0.3, 0.4) is 0 Å². The number of hydrogen-bond acceptors (Lipinski definition) is 5. The fraction of sp³-hybridized carbons (Fsp3) is 0.421. The summed E-state index contributed by atoms with van der Waals surface area (Å²) >= 11 is 0. The molecule has 1 aliphatic heterocycles. The van der Waals surface area contributed by atoms with Crippen LogP contribution in [0.4, 0.5) is 5.69 Å². The fourth-order valence-electron chi connectivity index (χ4n) is 3.11. The van der Waals surface area contributed by atoms with E-state index in [9.17, 15) is 9.59 Å². The van der Waals surface area contributed by atoms with Gasteiger partial charge in [-0.1, -0.05) is 18.2 Å². The first-order valence-corrected chi connectivity index (χ1v) is 9.00. The van der Waals surface area contributed by atoms with Crippen LogP contribution in [-0.2, 0) is 4.79 Å². The van der Waals surface area contributed by atoms with Crippen LogP contribution in [0.5, 0.6) is 0 Å². The van der Waals surface area contributed by atoms with Gasteiger partial charge in [0.25, 0.3) is 5.56 Å². The molecule has 1 fully saturated rings. The summed E-state index contributed by atoms with van der Waals surface area (Å²) in [7, 11) is 0. The molecular formula is C19H25N5O2. The summed E-state index contributed by atoms with van der Waals surface area (Å²) in [5.41, 5.74) is 1.75. The van der Waals surface area contributed by atoms with Gasteiger partial charge in [-0.3, -0.25) is 9.59 Å². The lowest BCUT2D eigenvalue weighted by atomic mass is 10.2. The van der Waals surface area contributed by atoms with Gasteiger partial charge in [-0.15, -0.1) is 0 Å². The third kappa shape index (κ3) is 4.70. The molecule has 26 heavy (non-hydrogen) atoms. The van der Waals surface area contributed by atoms with Gasteiger partial charge in [0.15, 0.2) is 0 Å². The minimum Gasteiger partial charge on any atom is -0.368 e. The van der Waals surface area contributed by atoms with Gasteiger partial charge in [0.05, 0.1) is 5.69 Å². The maximum atomic E-state index is 12.4. The molecule has 0 saturated carbocycles. The number of hydrogen-bond donors (Lipinski definition) is 2. The number of para-hydroxylation sites is 1. The first kappa shape index (κ1) is 18.1. The maximum absolute atomic E-state index is 12.4. The smallest absolute Gasteiger partial charge is 0.264 e. The Kier molecular flexibility index (Phi) is 6.01. The second-order valence-electron chi connectivity index (χ2n) is 6.48. The van der Waals surface area contributed by atoms with Gasteiger partial charge < -0.3 is 15.1 Å². The molecule has 1 unspecified atom stereocenters. The predicted molar refractivity (Wildman–Crippen MR) is 101 cm³/mol. The summed E-state index contributed by atoms with van der Waals surface area (Å²) in [6.07, 6.45) is 0.457. The molecular weight excluding hydrogens is 330 g/mol. The Hall–Kier alpha value is -2.67. The monoisotopic (exact) mass is 355 g/mol. The van der Waals surface area contributed by atoms with Crippen LogP contribution in [-0.4, -0.2) is 53.7 Å². The number of piperazine rings is 1. The van der Waals surface area contributed by atoms with Crippen LogP contribution in [0.15, 0.2) is 47.3 Å². The highest BCUT2D eigenvalue weighted by molar-refractivity contribution is 5.76. The van der Waals surface area contributed by atoms with Crippen molar-refractivity contribution >= 4 is 11.6 Å². The van der Waals surface area contributed by atoms with Gasteiger partial charge in [-0.05, 0) is 25.1 Å². The Morgan fingerprint density at radius 2 is 1.88 bits per heavy atom. The van der Waals surface area contributed by atoms with Gasteiger partial charge in [-0.25, -0.2) is 5.10 Å². The van der Waals surface area contributed by atoms with Crippen molar-refractivity contribution in [3.63, 3.8) is 0 Å². The Morgan fingerprint density at radius 3 is 2.54 bits per heavy atom. The van der Waals surface area contributed by atoms with Gasteiger partial charge in [-0.2, -0.15) is 5.10 Å². The van der Waals surface area contributed by atoms with Crippen molar-refractivity contribution in [1.82, 2.24) is 20.4 Å².